The summed E-state index contributed by atoms with van der Waals surface area (Å²) in [5.41, 5.74) is -0.325. The van der Waals surface area contributed by atoms with E-state index >= 15 is 0 Å². The van der Waals surface area contributed by atoms with Gasteiger partial charge in [-0.3, -0.25) is 5.32 Å². The van der Waals surface area contributed by atoms with E-state index < -0.39 is 0 Å². The van der Waals surface area contributed by atoms with Gasteiger partial charge in [-0.25, -0.2) is 0 Å². The standard InChI is InChI=1S/C15H27N3O/c1-3-17-15(11-16,14-4-5-14)12-18(2)10-13-6-8-19-9-7-13/h13-14,17H,3-10,12H2,1-2H3. The molecule has 2 fully saturated rings. The van der Waals surface area contributed by atoms with Gasteiger partial charge in [-0.15, -0.1) is 0 Å². The van der Waals surface area contributed by atoms with E-state index in [9.17, 15) is 5.26 Å². The van der Waals surface area contributed by atoms with E-state index in [1.165, 1.54) is 12.8 Å². The highest BCUT2D eigenvalue weighted by molar-refractivity contribution is 5.16. The van der Waals surface area contributed by atoms with Crippen LogP contribution in [0.5, 0.6) is 0 Å². The average Bonchev–Trinajstić information content (AvgIpc) is 3.24. The zero-order chi connectivity index (χ0) is 13.7. The third kappa shape index (κ3) is 3.92. The first-order chi connectivity index (χ1) is 9.20. The van der Waals surface area contributed by atoms with Crippen LogP contribution in [0.25, 0.3) is 0 Å². The zero-order valence-electron chi connectivity index (χ0n) is 12.3. The maximum Gasteiger partial charge on any atom is 0.122 e. The molecule has 1 atom stereocenters. The first-order valence-corrected chi connectivity index (χ1v) is 7.62. The van der Waals surface area contributed by atoms with Gasteiger partial charge in [0.1, 0.15) is 5.54 Å². The number of nitrogens with zero attached hydrogens (tertiary/aromatic N) is 2. The van der Waals surface area contributed by atoms with Gasteiger partial charge in [-0.1, -0.05) is 6.92 Å². The van der Waals surface area contributed by atoms with E-state index in [0.717, 1.165) is 51.6 Å². The smallest absolute Gasteiger partial charge is 0.122 e. The average molecular weight is 265 g/mol. The maximum atomic E-state index is 9.61. The van der Waals surface area contributed by atoms with Crippen LogP contribution in [0, 0.1) is 23.2 Å². The Morgan fingerprint density at radius 2 is 2.00 bits per heavy atom. The van der Waals surface area contributed by atoms with Crippen molar-refractivity contribution in [2.75, 3.05) is 39.9 Å². The molecule has 1 unspecified atom stereocenters. The van der Waals surface area contributed by atoms with Gasteiger partial charge < -0.3 is 9.64 Å². The fraction of sp³-hybridized carbons (Fsp3) is 0.933. The Bertz CT molecular complexity index is 318. The van der Waals surface area contributed by atoms with Gasteiger partial charge in [0, 0.05) is 26.3 Å². The number of hydrogen-bond acceptors (Lipinski definition) is 4. The van der Waals surface area contributed by atoms with E-state index in [4.69, 9.17) is 4.74 Å². The van der Waals surface area contributed by atoms with E-state index in [2.05, 4.69) is 30.3 Å². The summed E-state index contributed by atoms with van der Waals surface area (Å²) < 4.78 is 5.41. The van der Waals surface area contributed by atoms with Gasteiger partial charge in [0.15, 0.2) is 0 Å². The second-order valence-corrected chi connectivity index (χ2v) is 6.14. The van der Waals surface area contributed by atoms with E-state index in [1.807, 2.05) is 0 Å². The van der Waals surface area contributed by atoms with Gasteiger partial charge in [-0.05, 0) is 51.1 Å². The van der Waals surface area contributed by atoms with Crippen molar-refractivity contribution in [3.8, 4) is 6.07 Å². The van der Waals surface area contributed by atoms with Crippen molar-refractivity contribution < 1.29 is 4.74 Å². The van der Waals surface area contributed by atoms with Gasteiger partial charge in [0.25, 0.3) is 0 Å². The van der Waals surface area contributed by atoms with Crippen LogP contribution in [0.1, 0.15) is 32.6 Å². The monoisotopic (exact) mass is 265 g/mol. The van der Waals surface area contributed by atoms with Crippen LogP contribution in [0.15, 0.2) is 0 Å². The summed E-state index contributed by atoms with van der Waals surface area (Å²) in [4.78, 5) is 2.35. The van der Waals surface area contributed by atoms with E-state index in [1.54, 1.807) is 0 Å². The fourth-order valence-electron chi connectivity index (χ4n) is 3.25. The second-order valence-electron chi connectivity index (χ2n) is 6.14. The largest absolute Gasteiger partial charge is 0.381 e. The fourth-order valence-corrected chi connectivity index (χ4v) is 3.25. The molecule has 108 valence electrons. The number of rotatable bonds is 7. The molecule has 2 rings (SSSR count). The van der Waals surface area contributed by atoms with E-state index in [-0.39, 0.29) is 5.54 Å². The summed E-state index contributed by atoms with van der Waals surface area (Å²) in [7, 11) is 2.15. The number of nitrogens with one attached hydrogen (secondary N) is 1. The van der Waals surface area contributed by atoms with Crippen LogP contribution < -0.4 is 5.32 Å². The van der Waals surface area contributed by atoms with Gasteiger partial charge >= 0.3 is 0 Å². The molecule has 1 saturated heterocycles. The van der Waals surface area contributed by atoms with Crippen molar-refractivity contribution in [1.82, 2.24) is 10.2 Å². The molecule has 1 saturated carbocycles. The number of likely N-dealkylation sites (N-methyl/N-ethyl adjacent to an activating group) is 2. The van der Waals surface area contributed by atoms with Crippen molar-refractivity contribution in [1.29, 1.82) is 5.26 Å². The highest BCUT2D eigenvalue weighted by Gasteiger charge is 2.45. The molecule has 0 spiro atoms. The van der Waals surface area contributed by atoms with Crippen LogP contribution >= 0.6 is 0 Å². The zero-order valence-corrected chi connectivity index (χ0v) is 12.3. The summed E-state index contributed by atoms with van der Waals surface area (Å²) in [6.45, 7) is 6.70. The van der Waals surface area contributed by atoms with Crippen molar-refractivity contribution in [2.24, 2.45) is 11.8 Å². The molecule has 19 heavy (non-hydrogen) atoms. The predicted molar refractivity (Wildman–Crippen MR) is 75.8 cm³/mol. The SMILES string of the molecule is CCNC(C#N)(CN(C)CC1CCOCC1)C1CC1. The van der Waals surface area contributed by atoms with E-state index in [0.29, 0.717) is 5.92 Å². The number of nitriles is 1. The molecule has 1 aliphatic carbocycles. The topological polar surface area (TPSA) is 48.3 Å². The van der Waals surface area contributed by atoms with Gasteiger partial charge in [-0.2, -0.15) is 5.26 Å². The van der Waals surface area contributed by atoms with Crippen molar-refractivity contribution in [3.05, 3.63) is 0 Å². The lowest BCUT2D eigenvalue weighted by atomic mass is 9.93. The number of hydrogen-bond donors (Lipinski definition) is 1. The highest BCUT2D eigenvalue weighted by Crippen LogP contribution is 2.40. The molecule has 1 aliphatic heterocycles. The Morgan fingerprint density at radius 1 is 1.32 bits per heavy atom. The predicted octanol–water partition coefficient (Wildman–Crippen LogP) is 1.63. The van der Waals surface area contributed by atoms with Crippen molar-refractivity contribution >= 4 is 0 Å². The number of ether oxygens (including phenoxy) is 1. The lowest BCUT2D eigenvalue weighted by Gasteiger charge is -2.34. The molecule has 0 radical (unpaired) electrons. The van der Waals surface area contributed by atoms with Gasteiger partial charge in [0.05, 0.1) is 6.07 Å². The summed E-state index contributed by atoms with van der Waals surface area (Å²) in [5, 5.41) is 13.1. The molecule has 2 aliphatic rings. The van der Waals surface area contributed by atoms with Crippen LogP contribution in [0.3, 0.4) is 0 Å². The molecule has 0 aromatic rings. The second kappa shape index (κ2) is 6.69. The third-order valence-corrected chi connectivity index (χ3v) is 4.40. The summed E-state index contributed by atoms with van der Waals surface area (Å²) in [6, 6.07) is 2.57. The molecule has 0 amide bonds. The Balaban J connectivity index is 1.87. The quantitative estimate of drug-likeness (QED) is 0.760. The third-order valence-electron chi connectivity index (χ3n) is 4.40. The molecule has 4 nitrogen and oxygen atoms in total. The molecular formula is C15H27N3O. The lowest BCUT2D eigenvalue weighted by Crippen LogP contribution is -2.54. The lowest BCUT2D eigenvalue weighted by molar-refractivity contribution is 0.0529. The maximum absolute atomic E-state index is 9.61. The Hall–Kier alpha value is -0.630. The normalized spacial score (nSPS) is 24.1. The van der Waals surface area contributed by atoms with Crippen LogP contribution in [-0.2, 0) is 4.74 Å². The highest BCUT2D eigenvalue weighted by atomic mass is 16.5. The first-order valence-electron chi connectivity index (χ1n) is 7.62. The van der Waals surface area contributed by atoms with Crippen molar-refractivity contribution in [2.45, 2.75) is 38.1 Å². The summed E-state index contributed by atoms with van der Waals surface area (Å²) in [5.74, 6) is 1.28. The van der Waals surface area contributed by atoms with Crippen molar-refractivity contribution in [3.63, 3.8) is 0 Å². The Labute approximate surface area is 117 Å². The van der Waals surface area contributed by atoms with Gasteiger partial charge in [0.2, 0.25) is 0 Å². The molecule has 0 aromatic carbocycles. The minimum Gasteiger partial charge on any atom is -0.381 e. The van der Waals surface area contributed by atoms with Crippen LogP contribution in [0.4, 0.5) is 0 Å². The minimum atomic E-state index is -0.325. The summed E-state index contributed by atoms with van der Waals surface area (Å²) >= 11 is 0. The molecule has 1 N–H and O–H groups in total. The first kappa shape index (κ1) is 14.8. The Kier molecular flexibility index (Phi) is 5.20. The van der Waals surface area contributed by atoms with Crippen LogP contribution in [0.2, 0.25) is 0 Å². The molecule has 0 aromatic heterocycles. The molecular weight excluding hydrogens is 238 g/mol. The molecule has 1 heterocycles. The Morgan fingerprint density at radius 3 is 2.53 bits per heavy atom. The van der Waals surface area contributed by atoms with Crippen LogP contribution in [-0.4, -0.2) is 50.3 Å². The molecule has 4 heteroatoms. The molecule has 0 bridgehead atoms. The minimum absolute atomic E-state index is 0.325. The summed E-state index contributed by atoms with van der Waals surface area (Å²) in [6.07, 6.45) is 4.72.